The number of amides is 1. The van der Waals surface area contributed by atoms with Crippen molar-refractivity contribution in [3.8, 4) is 0 Å². The molecule has 0 aliphatic rings. The van der Waals surface area contributed by atoms with Gasteiger partial charge >= 0.3 is 0 Å². The highest BCUT2D eigenvalue weighted by atomic mass is 35.5. The van der Waals surface area contributed by atoms with Crippen molar-refractivity contribution in [3.05, 3.63) is 17.0 Å². The normalized spacial score (nSPS) is 10.1. The minimum atomic E-state index is -0.129. The van der Waals surface area contributed by atoms with Crippen molar-refractivity contribution in [3.63, 3.8) is 0 Å². The largest absolute Gasteiger partial charge is 0.383 e. The molecule has 0 aliphatic carbocycles. The summed E-state index contributed by atoms with van der Waals surface area (Å²) in [5, 5.41) is 5.73. The summed E-state index contributed by atoms with van der Waals surface area (Å²) in [7, 11) is 1.58. The monoisotopic (exact) mass is 258 g/mol. The first-order valence-corrected chi connectivity index (χ1v) is 5.50. The second-order valence-corrected chi connectivity index (χ2v) is 3.71. The highest BCUT2D eigenvalue weighted by Crippen LogP contribution is 2.11. The lowest BCUT2D eigenvalue weighted by Gasteiger charge is -2.08. The van der Waals surface area contributed by atoms with Gasteiger partial charge in [0.25, 0.3) is 0 Å². The fourth-order valence-corrected chi connectivity index (χ4v) is 1.25. The molecule has 1 heterocycles. The maximum atomic E-state index is 11.4. The smallest absolute Gasteiger partial charge is 0.239 e. The minimum Gasteiger partial charge on any atom is -0.383 e. The Labute approximate surface area is 105 Å². The molecule has 1 rings (SSSR count). The van der Waals surface area contributed by atoms with Gasteiger partial charge in [0.15, 0.2) is 0 Å². The van der Waals surface area contributed by atoms with Gasteiger partial charge in [-0.15, -0.1) is 0 Å². The van der Waals surface area contributed by atoms with Crippen LogP contribution < -0.4 is 10.6 Å². The zero-order chi connectivity index (χ0) is 12.7. The molecule has 0 spiro atoms. The van der Waals surface area contributed by atoms with E-state index in [9.17, 15) is 4.79 Å². The molecule has 1 aromatic rings. The number of aromatic nitrogens is 2. The Hall–Kier alpha value is -1.40. The van der Waals surface area contributed by atoms with Crippen LogP contribution in [0.2, 0.25) is 5.28 Å². The van der Waals surface area contributed by atoms with Crippen LogP contribution in [0.5, 0.6) is 0 Å². The Morgan fingerprint density at radius 3 is 3.06 bits per heavy atom. The number of nitrogens with zero attached hydrogens (tertiary/aromatic N) is 2. The Morgan fingerprint density at radius 2 is 2.35 bits per heavy atom. The van der Waals surface area contributed by atoms with E-state index in [1.165, 1.54) is 0 Å². The molecule has 0 saturated heterocycles. The van der Waals surface area contributed by atoms with Crippen LogP contribution in [0.1, 0.15) is 5.56 Å². The van der Waals surface area contributed by atoms with Crippen LogP contribution in [0.25, 0.3) is 0 Å². The van der Waals surface area contributed by atoms with Crippen LogP contribution in [-0.2, 0) is 9.53 Å². The van der Waals surface area contributed by atoms with Gasteiger partial charge in [-0.3, -0.25) is 4.79 Å². The van der Waals surface area contributed by atoms with Crippen molar-refractivity contribution in [1.29, 1.82) is 0 Å². The van der Waals surface area contributed by atoms with Gasteiger partial charge in [-0.1, -0.05) is 0 Å². The van der Waals surface area contributed by atoms with E-state index >= 15 is 0 Å². The first-order chi connectivity index (χ1) is 8.13. The van der Waals surface area contributed by atoms with Crippen LogP contribution in [0.4, 0.5) is 5.82 Å². The number of ether oxygens (including phenoxy) is 1. The molecule has 17 heavy (non-hydrogen) atoms. The van der Waals surface area contributed by atoms with Crippen LogP contribution in [0.15, 0.2) is 6.20 Å². The molecule has 0 bridgehead atoms. The molecule has 0 atom stereocenters. The fourth-order valence-electron chi connectivity index (χ4n) is 1.12. The lowest BCUT2D eigenvalue weighted by atomic mass is 10.3. The maximum Gasteiger partial charge on any atom is 0.239 e. The third-order valence-corrected chi connectivity index (χ3v) is 2.17. The lowest BCUT2D eigenvalue weighted by Crippen LogP contribution is -2.32. The zero-order valence-corrected chi connectivity index (χ0v) is 10.5. The summed E-state index contributed by atoms with van der Waals surface area (Å²) >= 11 is 5.66. The van der Waals surface area contributed by atoms with Crippen LogP contribution in [0.3, 0.4) is 0 Å². The van der Waals surface area contributed by atoms with Gasteiger partial charge in [0.1, 0.15) is 5.82 Å². The van der Waals surface area contributed by atoms with Gasteiger partial charge in [-0.2, -0.15) is 0 Å². The molecule has 0 fully saturated rings. The number of carbonyl (C=O) groups is 1. The number of nitrogens with one attached hydrogen (secondary N) is 2. The first kappa shape index (κ1) is 13.7. The average molecular weight is 259 g/mol. The molecule has 0 unspecified atom stereocenters. The number of anilines is 1. The SMILES string of the molecule is COCCNC(=O)CNc1nc(Cl)ncc1C. The number of rotatable bonds is 6. The maximum absolute atomic E-state index is 11.4. The Bertz CT molecular complexity index is 387. The quantitative estimate of drug-likeness (QED) is 0.578. The van der Waals surface area contributed by atoms with Crippen molar-refractivity contribution in [1.82, 2.24) is 15.3 Å². The van der Waals surface area contributed by atoms with Gasteiger partial charge in [0.2, 0.25) is 11.2 Å². The highest BCUT2D eigenvalue weighted by molar-refractivity contribution is 6.28. The molecule has 2 N–H and O–H groups in total. The summed E-state index contributed by atoms with van der Waals surface area (Å²) in [6, 6.07) is 0. The molecule has 0 saturated carbocycles. The Kier molecular flexibility index (Phi) is 5.65. The van der Waals surface area contributed by atoms with Crippen molar-refractivity contribution >= 4 is 23.3 Å². The molecule has 94 valence electrons. The third-order valence-electron chi connectivity index (χ3n) is 1.99. The minimum absolute atomic E-state index is 0.129. The van der Waals surface area contributed by atoms with Crippen LogP contribution >= 0.6 is 11.6 Å². The molecule has 1 aromatic heterocycles. The second-order valence-electron chi connectivity index (χ2n) is 3.37. The first-order valence-electron chi connectivity index (χ1n) is 5.12. The van der Waals surface area contributed by atoms with E-state index in [1.54, 1.807) is 13.3 Å². The summed E-state index contributed by atoms with van der Waals surface area (Å²) in [5.74, 6) is 0.433. The molecule has 1 amide bonds. The van der Waals surface area contributed by atoms with E-state index in [0.29, 0.717) is 19.0 Å². The fraction of sp³-hybridized carbons (Fsp3) is 0.500. The molecule has 0 aromatic carbocycles. The van der Waals surface area contributed by atoms with Gasteiger partial charge in [0.05, 0.1) is 13.2 Å². The predicted molar refractivity (Wildman–Crippen MR) is 65.2 cm³/mol. The Balaban J connectivity index is 2.39. The number of methoxy groups -OCH3 is 1. The lowest BCUT2D eigenvalue weighted by molar-refractivity contribution is -0.119. The van der Waals surface area contributed by atoms with E-state index in [2.05, 4.69) is 20.6 Å². The summed E-state index contributed by atoms with van der Waals surface area (Å²) in [6.45, 7) is 2.95. The van der Waals surface area contributed by atoms with Crippen LogP contribution in [0, 0.1) is 6.92 Å². The number of carbonyl (C=O) groups excluding carboxylic acids is 1. The van der Waals surface area contributed by atoms with Gasteiger partial charge < -0.3 is 15.4 Å². The highest BCUT2D eigenvalue weighted by Gasteiger charge is 2.04. The summed E-state index contributed by atoms with van der Waals surface area (Å²) in [5.41, 5.74) is 0.832. The molecule has 0 aliphatic heterocycles. The van der Waals surface area contributed by atoms with Crippen molar-refractivity contribution in [2.24, 2.45) is 0 Å². The summed E-state index contributed by atoms with van der Waals surface area (Å²) in [6.07, 6.45) is 1.60. The van der Waals surface area contributed by atoms with E-state index in [4.69, 9.17) is 16.3 Å². The van der Waals surface area contributed by atoms with Gasteiger partial charge in [-0.25, -0.2) is 9.97 Å². The number of hydrogen-bond donors (Lipinski definition) is 2. The van der Waals surface area contributed by atoms with E-state index in [0.717, 1.165) is 5.56 Å². The van der Waals surface area contributed by atoms with Crippen molar-refractivity contribution in [2.45, 2.75) is 6.92 Å². The topological polar surface area (TPSA) is 76.1 Å². The molecule has 0 radical (unpaired) electrons. The summed E-state index contributed by atoms with van der Waals surface area (Å²) < 4.78 is 4.82. The molecule has 7 heteroatoms. The zero-order valence-electron chi connectivity index (χ0n) is 9.79. The van der Waals surface area contributed by atoms with E-state index in [-0.39, 0.29) is 17.7 Å². The third kappa shape index (κ3) is 4.97. The molecular formula is C10H15ClN4O2. The number of hydrogen-bond acceptors (Lipinski definition) is 5. The molecular weight excluding hydrogens is 244 g/mol. The standard InChI is InChI=1S/C10H15ClN4O2/c1-7-5-14-10(11)15-9(7)13-6-8(16)12-3-4-17-2/h5H,3-4,6H2,1-2H3,(H,12,16)(H,13,14,15). The van der Waals surface area contributed by atoms with Crippen molar-refractivity contribution in [2.75, 3.05) is 32.1 Å². The van der Waals surface area contributed by atoms with Gasteiger partial charge in [-0.05, 0) is 18.5 Å². The van der Waals surface area contributed by atoms with E-state index in [1.807, 2.05) is 6.92 Å². The number of halogens is 1. The van der Waals surface area contributed by atoms with Crippen LogP contribution in [-0.4, -0.2) is 42.7 Å². The second kappa shape index (κ2) is 7.03. The average Bonchev–Trinajstić information content (AvgIpc) is 2.31. The molecule has 6 nitrogen and oxygen atoms in total. The van der Waals surface area contributed by atoms with Crippen molar-refractivity contribution < 1.29 is 9.53 Å². The summed E-state index contributed by atoms with van der Waals surface area (Å²) in [4.78, 5) is 19.2. The Morgan fingerprint density at radius 1 is 1.59 bits per heavy atom. The number of aryl methyl sites for hydroxylation is 1. The van der Waals surface area contributed by atoms with E-state index < -0.39 is 0 Å². The predicted octanol–water partition coefficient (Wildman–Crippen LogP) is 0.613. The van der Waals surface area contributed by atoms with Gasteiger partial charge in [0, 0.05) is 25.4 Å².